The minimum absolute atomic E-state index is 0. The van der Waals surface area contributed by atoms with Crippen LogP contribution in [0.25, 0.3) is 0 Å². The summed E-state index contributed by atoms with van der Waals surface area (Å²) in [5.41, 5.74) is 0. The Morgan fingerprint density at radius 3 is 1.38 bits per heavy atom. The average Bonchev–Trinajstić information content (AvgIpc) is 1.61. The van der Waals surface area contributed by atoms with Crippen LogP contribution < -0.4 is 0 Å². The van der Waals surface area contributed by atoms with Crippen LogP contribution in [0.2, 0.25) is 0 Å². The molecule has 0 aromatic heterocycles. The molecule has 0 atom stereocenters. The van der Waals surface area contributed by atoms with Crippen molar-refractivity contribution < 1.29 is 21.1 Å². The van der Waals surface area contributed by atoms with Crippen LogP contribution >= 0.6 is 24.0 Å². The molecule has 0 N–H and O–H groups in total. The summed E-state index contributed by atoms with van der Waals surface area (Å²) in [4.78, 5) is 0. The second kappa shape index (κ2) is 15.7. The van der Waals surface area contributed by atoms with Crippen molar-refractivity contribution in [3.63, 3.8) is 0 Å². The molecule has 0 radical (unpaired) electrons. The van der Waals surface area contributed by atoms with Gasteiger partial charge in [0, 0.05) is 21.1 Å². The normalized spacial score (nSPS) is 5.50. The van der Waals surface area contributed by atoms with Crippen LogP contribution in [0.3, 0.4) is 0 Å². The van der Waals surface area contributed by atoms with Crippen molar-refractivity contribution in [2.45, 2.75) is 12.8 Å². The third-order valence-corrected chi connectivity index (χ3v) is 0.575. The molecule has 0 amide bonds. The van der Waals surface area contributed by atoms with Crippen LogP contribution in [0.5, 0.6) is 0 Å². The summed E-state index contributed by atoms with van der Waals surface area (Å²) in [6.07, 6.45) is 5.90. The largest absolute Gasteiger partial charge is 0.107 e. The van der Waals surface area contributed by atoms with Crippen molar-refractivity contribution in [3.05, 3.63) is 25.3 Å². The van der Waals surface area contributed by atoms with Gasteiger partial charge in [0.1, 0.15) is 0 Å². The first kappa shape index (κ1) is 16.0. The predicted octanol–water partition coefficient (Wildman–Crippen LogP) is 2.75. The fourth-order valence-corrected chi connectivity index (χ4v) is 0.236. The third-order valence-electron chi connectivity index (χ3n) is 0.575. The van der Waals surface area contributed by atoms with E-state index in [2.05, 4.69) is 13.2 Å². The summed E-state index contributed by atoms with van der Waals surface area (Å²) < 4.78 is 0. The van der Waals surface area contributed by atoms with Crippen molar-refractivity contribution in [2.24, 2.45) is 0 Å². The van der Waals surface area contributed by atoms with Crippen LogP contribution in [0.1, 0.15) is 12.8 Å². The Bertz CT molecular complexity index is 44.5. The molecule has 0 saturated carbocycles. The SMILES string of the molecule is C=CCCC=C.I.[Pt]. The van der Waals surface area contributed by atoms with E-state index >= 15 is 0 Å². The van der Waals surface area contributed by atoms with E-state index in [1.54, 1.807) is 0 Å². The minimum atomic E-state index is 0. The Kier molecular flexibility index (Phi) is 31.2. The zero-order valence-corrected chi connectivity index (χ0v) is 9.31. The number of halogens is 1. The van der Waals surface area contributed by atoms with Gasteiger partial charge in [-0.3, -0.25) is 0 Å². The molecule has 52 valence electrons. The first-order chi connectivity index (χ1) is 2.91. The van der Waals surface area contributed by atoms with Crippen molar-refractivity contribution in [1.82, 2.24) is 0 Å². The van der Waals surface area contributed by atoms with Crippen molar-refractivity contribution in [2.75, 3.05) is 0 Å². The number of rotatable bonds is 3. The third kappa shape index (κ3) is 15.8. The van der Waals surface area contributed by atoms with E-state index in [4.69, 9.17) is 0 Å². The Labute approximate surface area is 82.7 Å². The van der Waals surface area contributed by atoms with E-state index in [1.807, 2.05) is 12.2 Å². The molecule has 0 aliphatic heterocycles. The molecular weight excluding hydrogens is 394 g/mol. The van der Waals surface area contributed by atoms with E-state index < -0.39 is 0 Å². The fourth-order valence-electron chi connectivity index (χ4n) is 0.236. The quantitative estimate of drug-likeness (QED) is 0.385. The summed E-state index contributed by atoms with van der Waals surface area (Å²) >= 11 is 0. The van der Waals surface area contributed by atoms with Gasteiger partial charge in [-0.25, -0.2) is 0 Å². The number of allylic oxidation sites excluding steroid dienone is 2. The molecule has 0 aromatic carbocycles. The Hall–Kier alpha value is 0.898. The van der Waals surface area contributed by atoms with Crippen LogP contribution in [-0.4, -0.2) is 0 Å². The summed E-state index contributed by atoms with van der Waals surface area (Å²) in [5.74, 6) is 0. The first-order valence-electron chi connectivity index (χ1n) is 2.13. The Morgan fingerprint density at radius 2 is 1.25 bits per heavy atom. The number of unbranched alkanes of at least 4 members (excludes halogenated alkanes) is 1. The maximum atomic E-state index is 3.55. The van der Waals surface area contributed by atoms with Gasteiger partial charge in [-0.1, -0.05) is 12.2 Å². The molecule has 0 fully saturated rings. The second-order valence-electron chi connectivity index (χ2n) is 1.15. The molecule has 0 spiro atoms. The van der Waals surface area contributed by atoms with Crippen LogP contribution in [0.4, 0.5) is 0 Å². The van der Waals surface area contributed by atoms with Gasteiger partial charge in [0.25, 0.3) is 0 Å². The molecule has 0 rings (SSSR count). The molecule has 0 aliphatic carbocycles. The topological polar surface area (TPSA) is 0 Å². The van der Waals surface area contributed by atoms with Gasteiger partial charge in [0.15, 0.2) is 0 Å². The first-order valence-corrected chi connectivity index (χ1v) is 2.13. The molecule has 2 heteroatoms. The Morgan fingerprint density at radius 1 is 1.00 bits per heavy atom. The monoisotopic (exact) mass is 405 g/mol. The molecule has 0 bridgehead atoms. The summed E-state index contributed by atoms with van der Waals surface area (Å²) in [7, 11) is 0. The Balaban J connectivity index is -0.000000125. The predicted molar refractivity (Wildman–Crippen MR) is 45.0 cm³/mol. The van der Waals surface area contributed by atoms with Crippen LogP contribution in [0.15, 0.2) is 25.3 Å². The van der Waals surface area contributed by atoms with E-state index in [9.17, 15) is 0 Å². The fraction of sp³-hybridized carbons (Fsp3) is 0.333. The van der Waals surface area contributed by atoms with Crippen molar-refractivity contribution in [3.8, 4) is 0 Å². The smallest absolute Gasteiger partial charge is 0 e. The van der Waals surface area contributed by atoms with Gasteiger partial charge >= 0.3 is 0 Å². The summed E-state index contributed by atoms with van der Waals surface area (Å²) in [5, 5.41) is 0. The molecule has 0 aliphatic rings. The van der Waals surface area contributed by atoms with Crippen LogP contribution in [0, 0.1) is 0 Å². The van der Waals surface area contributed by atoms with Crippen LogP contribution in [-0.2, 0) is 21.1 Å². The molecular formula is C6H11IPt. The molecule has 0 nitrogen and oxygen atoms in total. The van der Waals surface area contributed by atoms with E-state index in [-0.39, 0.29) is 45.0 Å². The molecule has 8 heavy (non-hydrogen) atoms. The van der Waals surface area contributed by atoms with E-state index in [0.29, 0.717) is 0 Å². The average molecular weight is 405 g/mol. The van der Waals surface area contributed by atoms with Gasteiger partial charge in [-0.15, -0.1) is 37.1 Å². The standard InChI is InChI=1S/C6H10.HI.Pt/c1-3-5-6-4-2;;/h3-4H,1-2,5-6H2;1H;. The van der Waals surface area contributed by atoms with Crippen molar-refractivity contribution in [1.29, 1.82) is 0 Å². The molecule has 0 aromatic rings. The maximum absolute atomic E-state index is 3.55. The van der Waals surface area contributed by atoms with Crippen molar-refractivity contribution >= 4 is 24.0 Å². The maximum Gasteiger partial charge on any atom is 0 e. The van der Waals surface area contributed by atoms with Gasteiger partial charge in [0.05, 0.1) is 0 Å². The number of hydrogen-bond acceptors (Lipinski definition) is 0. The molecule has 0 heterocycles. The zero-order valence-electron chi connectivity index (χ0n) is 4.71. The zero-order chi connectivity index (χ0) is 4.83. The van der Waals surface area contributed by atoms with Gasteiger partial charge in [-0.2, -0.15) is 0 Å². The summed E-state index contributed by atoms with van der Waals surface area (Å²) in [6, 6.07) is 0. The molecule has 0 saturated heterocycles. The van der Waals surface area contributed by atoms with E-state index in [1.165, 1.54) is 0 Å². The van der Waals surface area contributed by atoms with Gasteiger partial charge < -0.3 is 0 Å². The minimum Gasteiger partial charge on any atom is -0.107 e. The number of hydrogen-bond donors (Lipinski definition) is 0. The summed E-state index contributed by atoms with van der Waals surface area (Å²) in [6.45, 7) is 7.10. The molecule has 0 unspecified atom stereocenters. The van der Waals surface area contributed by atoms with E-state index in [0.717, 1.165) is 12.8 Å². The van der Waals surface area contributed by atoms with Gasteiger partial charge in [0.2, 0.25) is 0 Å². The van der Waals surface area contributed by atoms with Gasteiger partial charge in [-0.05, 0) is 12.8 Å². The second-order valence-corrected chi connectivity index (χ2v) is 1.15.